The zero-order valence-corrected chi connectivity index (χ0v) is 18.1. The Kier molecular flexibility index (Phi) is 6.61. The summed E-state index contributed by atoms with van der Waals surface area (Å²) in [4.78, 5) is 5.22. The normalized spacial score (nSPS) is 26.8. The number of aromatic nitrogens is 4. The molecule has 30 heavy (non-hydrogen) atoms. The van der Waals surface area contributed by atoms with Crippen molar-refractivity contribution in [1.29, 1.82) is 0 Å². The number of hydrogen-bond acceptors (Lipinski definition) is 9. The molecular formula is C17H15Cl2FN4O4S2. The van der Waals surface area contributed by atoms with E-state index < -0.39 is 42.2 Å². The van der Waals surface area contributed by atoms with Crippen molar-refractivity contribution in [3.05, 3.63) is 45.9 Å². The molecule has 1 aliphatic heterocycles. The van der Waals surface area contributed by atoms with Crippen LogP contribution < -0.4 is 0 Å². The summed E-state index contributed by atoms with van der Waals surface area (Å²) < 4.78 is 20.7. The van der Waals surface area contributed by atoms with Gasteiger partial charge in [0, 0.05) is 11.1 Å². The van der Waals surface area contributed by atoms with Crippen molar-refractivity contribution in [3.63, 3.8) is 0 Å². The van der Waals surface area contributed by atoms with Gasteiger partial charge in [-0.1, -0.05) is 40.2 Å². The van der Waals surface area contributed by atoms with Gasteiger partial charge in [0.1, 0.15) is 35.5 Å². The Morgan fingerprint density at radius 1 is 1.23 bits per heavy atom. The lowest BCUT2D eigenvalue weighted by Gasteiger charge is -2.41. The number of aliphatic hydroxyl groups is 3. The lowest BCUT2D eigenvalue weighted by Crippen LogP contribution is -2.55. The number of hydrogen-bond donors (Lipinski definition) is 3. The van der Waals surface area contributed by atoms with E-state index in [1.54, 1.807) is 17.9 Å². The molecule has 0 unspecified atom stereocenters. The number of aliphatic hydroxyl groups excluding tert-OH is 3. The van der Waals surface area contributed by atoms with Crippen LogP contribution in [0.3, 0.4) is 0 Å². The molecule has 1 aromatic carbocycles. The second-order valence-corrected chi connectivity index (χ2v) is 9.34. The van der Waals surface area contributed by atoms with Crippen LogP contribution in [0.25, 0.3) is 10.6 Å². The third kappa shape index (κ3) is 4.21. The van der Waals surface area contributed by atoms with E-state index in [0.29, 0.717) is 10.6 Å². The fourth-order valence-electron chi connectivity index (χ4n) is 3.09. The molecule has 3 aromatic rings. The predicted molar refractivity (Wildman–Crippen MR) is 110 cm³/mol. The molecule has 8 nitrogen and oxygen atoms in total. The second-order valence-electron chi connectivity index (χ2n) is 6.47. The summed E-state index contributed by atoms with van der Waals surface area (Å²) in [7, 11) is 0. The minimum absolute atomic E-state index is 0.170. The third-order valence-electron chi connectivity index (χ3n) is 4.56. The van der Waals surface area contributed by atoms with Crippen molar-refractivity contribution in [2.24, 2.45) is 0 Å². The van der Waals surface area contributed by atoms with Crippen molar-refractivity contribution in [1.82, 2.24) is 20.0 Å². The largest absolute Gasteiger partial charge is 0.394 e. The fourth-order valence-corrected chi connectivity index (χ4v) is 5.42. The van der Waals surface area contributed by atoms with Gasteiger partial charge in [-0.3, -0.25) is 4.98 Å². The van der Waals surface area contributed by atoms with Gasteiger partial charge in [-0.15, -0.1) is 16.4 Å². The fraction of sp³-hybridized carbons (Fsp3) is 0.353. The molecule has 3 heterocycles. The summed E-state index contributed by atoms with van der Waals surface area (Å²) in [5.41, 5.74) is 1.26. The number of rotatable bonds is 5. The van der Waals surface area contributed by atoms with Crippen LogP contribution in [-0.4, -0.2) is 65.7 Å². The van der Waals surface area contributed by atoms with Crippen molar-refractivity contribution in [3.8, 4) is 10.6 Å². The van der Waals surface area contributed by atoms with E-state index in [0.717, 1.165) is 16.6 Å². The topological polar surface area (TPSA) is 114 Å². The molecule has 1 fully saturated rings. The maximum absolute atomic E-state index is 13.7. The molecule has 0 bridgehead atoms. The van der Waals surface area contributed by atoms with Gasteiger partial charge in [-0.25, -0.2) is 9.07 Å². The minimum atomic E-state index is -1.25. The Hall–Kier alpha value is -1.31. The first-order valence-electron chi connectivity index (χ1n) is 8.63. The summed E-state index contributed by atoms with van der Waals surface area (Å²) >= 11 is 14.1. The van der Waals surface area contributed by atoms with E-state index in [2.05, 4.69) is 15.3 Å². The van der Waals surface area contributed by atoms with Crippen LogP contribution in [0, 0.1) is 5.82 Å². The first-order chi connectivity index (χ1) is 14.4. The Morgan fingerprint density at radius 3 is 2.60 bits per heavy atom. The Labute approximate surface area is 188 Å². The molecule has 0 aliphatic carbocycles. The van der Waals surface area contributed by atoms with Gasteiger partial charge in [0.15, 0.2) is 5.82 Å². The molecule has 1 aliphatic rings. The maximum Gasteiger partial charge on any atom is 0.160 e. The number of thioether (sulfide) groups is 1. The lowest BCUT2D eigenvalue weighted by atomic mass is 9.97. The van der Waals surface area contributed by atoms with E-state index in [9.17, 15) is 19.7 Å². The molecule has 0 amide bonds. The molecular weight excluding hydrogens is 478 g/mol. The smallest absolute Gasteiger partial charge is 0.160 e. The van der Waals surface area contributed by atoms with Gasteiger partial charge in [-0.05, 0) is 12.1 Å². The van der Waals surface area contributed by atoms with Crippen LogP contribution in [0.1, 0.15) is 6.04 Å². The van der Waals surface area contributed by atoms with Crippen molar-refractivity contribution in [2.75, 3.05) is 6.61 Å². The molecule has 5 atom stereocenters. The summed E-state index contributed by atoms with van der Waals surface area (Å²) in [5, 5.41) is 39.0. The highest BCUT2D eigenvalue weighted by Gasteiger charge is 2.46. The highest BCUT2D eigenvalue weighted by atomic mass is 35.5. The Morgan fingerprint density at radius 2 is 1.97 bits per heavy atom. The highest BCUT2D eigenvalue weighted by Crippen LogP contribution is 2.40. The quantitative estimate of drug-likeness (QED) is 0.465. The highest BCUT2D eigenvalue weighted by molar-refractivity contribution is 7.99. The van der Waals surface area contributed by atoms with Crippen LogP contribution >= 0.6 is 46.3 Å². The Bertz CT molecular complexity index is 1000. The van der Waals surface area contributed by atoms with Crippen LogP contribution in [-0.2, 0) is 4.74 Å². The SMILES string of the molecule is OC[C@H]1O[C@H](Sc2cc(Cl)c(F)c(Cl)c2)[C@H](O)[C@@H](n2cc(-c3cncs3)nn2)[C@H]1O. The average molecular weight is 493 g/mol. The third-order valence-corrected chi connectivity index (χ3v) is 7.03. The summed E-state index contributed by atoms with van der Waals surface area (Å²) in [5.74, 6) is -0.743. The van der Waals surface area contributed by atoms with Crippen LogP contribution in [0.5, 0.6) is 0 Å². The van der Waals surface area contributed by atoms with Gasteiger partial charge >= 0.3 is 0 Å². The first kappa shape index (κ1) is 21.9. The van der Waals surface area contributed by atoms with E-state index in [1.165, 1.54) is 28.2 Å². The first-order valence-corrected chi connectivity index (χ1v) is 11.1. The zero-order chi connectivity index (χ0) is 21.4. The van der Waals surface area contributed by atoms with Gasteiger partial charge in [-0.2, -0.15) is 0 Å². The number of ether oxygens (including phenoxy) is 1. The van der Waals surface area contributed by atoms with Crippen LogP contribution in [0.4, 0.5) is 4.39 Å². The van der Waals surface area contributed by atoms with Crippen LogP contribution in [0.15, 0.2) is 34.9 Å². The van der Waals surface area contributed by atoms with Gasteiger partial charge in [0.25, 0.3) is 0 Å². The molecule has 4 rings (SSSR count). The number of nitrogens with zero attached hydrogens (tertiary/aromatic N) is 4. The van der Waals surface area contributed by atoms with Gasteiger partial charge < -0.3 is 20.1 Å². The lowest BCUT2D eigenvalue weighted by molar-refractivity contribution is -0.178. The summed E-state index contributed by atoms with van der Waals surface area (Å²) in [6.45, 7) is -0.483. The molecule has 2 aromatic heterocycles. The summed E-state index contributed by atoms with van der Waals surface area (Å²) in [6.07, 6.45) is -0.270. The summed E-state index contributed by atoms with van der Waals surface area (Å²) in [6, 6.07) is 1.76. The van der Waals surface area contributed by atoms with Gasteiger partial charge in [0.05, 0.1) is 33.2 Å². The molecule has 13 heteroatoms. The number of benzene rings is 1. The van der Waals surface area contributed by atoms with Crippen molar-refractivity contribution < 1.29 is 24.4 Å². The molecule has 0 radical (unpaired) electrons. The van der Waals surface area contributed by atoms with E-state index in [1.807, 2.05) is 0 Å². The second kappa shape index (κ2) is 9.05. The number of thiazole rings is 1. The molecule has 3 N–H and O–H groups in total. The van der Waals surface area contributed by atoms with Crippen molar-refractivity contribution >= 4 is 46.3 Å². The monoisotopic (exact) mass is 492 g/mol. The standard InChI is InChI=1S/C17H15Cl2FN4O4S2/c18-8-1-7(2-9(19)13(8)20)30-17-16(27)14(15(26)11(5-25)28-17)24-4-10(22-23-24)12-3-21-6-29-12/h1-4,6,11,14-17,25-27H,5H2/t11-,14+,15+,16-,17-/m1/s1. The minimum Gasteiger partial charge on any atom is -0.394 e. The van der Waals surface area contributed by atoms with Crippen molar-refractivity contribution in [2.45, 2.75) is 34.7 Å². The Balaban J connectivity index is 1.62. The van der Waals surface area contributed by atoms with Gasteiger partial charge in [0.2, 0.25) is 0 Å². The predicted octanol–water partition coefficient (Wildman–Crippen LogP) is 2.62. The maximum atomic E-state index is 13.7. The average Bonchev–Trinajstić information content (AvgIpc) is 3.40. The van der Waals surface area contributed by atoms with E-state index in [-0.39, 0.29) is 10.0 Å². The molecule has 0 saturated carbocycles. The van der Waals surface area contributed by atoms with Crippen LogP contribution in [0.2, 0.25) is 10.0 Å². The van der Waals surface area contributed by atoms with E-state index in [4.69, 9.17) is 27.9 Å². The molecule has 1 saturated heterocycles. The molecule has 0 spiro atoms. The van der Waals surface area contributed by atoms with E-state index >= 15 is 0 Å². The zero-order valence-electron chi connectivity index (χ0n) is 15.0. The molecule has 160 valence electrons. The number of halogens is 3.